The summed E-state index contributed by atoms with van der Waals surface area (Å²) in [6.07, 6.45) is 1.64. The third-order valence-corrected chi connectivity index (χ3v) is 6.78. The van der Waals surface area contributed by atoms with E-state index in [9.17, 15) is 13.6 Å². The summed E-state index contributed by atoms with van der Waals surface area (Å²) in [7, 11) is 0. The molecule has 0 spiro atoms. The molecule has 0 bridgehead atoms. The van der Waals surface area contributed by atoms with Gasteiger partial charge in [0.1, 0.15) is 0 Å². The van der Waals surface area contributed by atoms with Crippen molar-refractivity contribution >= 4 is 39.0 Å². The first-order valence-corrected chi connectivity index (χ1v) is 12.5. The van der Waals surface area contributed by atoms with Crippen LogP contribution < -0.4 is 20.4 Å². The van der Waals surface area contributed by atoms with E-state index >= 15 is 0 Å². The van der Waals surface area contributed by atoms with Crippen LogP contribution in [-0.2, 0) is 9.53 Å². The van der Waals surface area contributed by atoms with Gasteiger partial charge in [0.2, 0.25) is 10.3 Å². The normalized spacial score (nSPS) is 19.6. The maximum atomic E-state index is 13.3. The van der Waals surface area contributed by atoms with Crippen LogP contribution in [0, 0.1) is 0 Å². The van der Waals surface area contributed by atoms with E-state index in [0.717, 1.165) is 25.3 Å². The Balaban J connectivity index is 1.20. The highest BCUT2D eigenvalue weighted by molar-refractivity contribution is 7.19. The van der Waals surface area contributed by atoms with Crippen molar-refractivity contribution in [3.63, 3.8) is 0 Å². The third kappa shape index (κ3) is 5.51. The number of amides is 1. The molecule has 4 heterocycles. The Hall–Kier alpha value is -3.45. The molecule has 1 aromatic carbocycles. The molecule has 5 rings (SSSR count). The van der Waals surface area contributed by atoms with Crippen molar-refractivity contribution in [3.8, 4) is 0 Å². The molecule has 2 aliphatic heterocycles. The van der Waals surface area contributed by atoms with E-state index in [0.29, 0.717) is 28.1 Å². The summed E-state index contributed by atoms with van der Waals surface area (Å²) >= 11 is 1.24. The number of carbonyl (C=O) groups is 1. The van der Waals surface area contributed by atoms with Gasteiger partial charge in [-0.15, -0.1) is 15.3 Å². The molecule has 2 aromatic heterocycles. The zero-order chi connectivity index (χ0) is 25.1. The number of hydrogen-bond donors (Lipinski definition) is 2. The molecular formula is C23H26F2N8O2S. The number of rotatable bonds is 9. The van der Waals surface area contributed by atoms with Crippen LogP contribution in [0.2, 0.25) is 0 Å². The van der Waals surface area contributed by atoms with E-state index in [4.69, 9.17) is 4.74 Å². The number of aromatic nitrogens is 4. The average molecular weight is 517 g/mol. The third-order valence-electron chi connectivity index (χ3n) is 6.01. The summed E-state index contributed by atoms with van der Waals surface area (Å²) in [5, 5.41) is 23.4. The van der Waals surface area contributed by atoms with Crippen molar-refractivity contribution in [2.24, 2.45) is 0 Å². The lowest BCUT2D eigenvalue weighted by atomic mass is 10.0. The molecule has 36 heavy (non-hydrogen) atoms. The van der Waals surface area contributed by atoms with Crippen LogP contribution in [0.4, 0.5) is 30.5 Å². The summed E-state index contributed by atoms with van der Waals surface area (Å²) in [4.78, 5) is 16.8. The largest absolute Gasteiger partial charge is 0.364 e. The van der Waals surface area contributed by atoms with E-state index in [1.165, 1.54) is 11.3 Å². The quantitative estimate of drug-likeness (QED) is 0.443. The summed E-state index contributed by atoms with van der Waals surface area (Å²) in [5.41, 5.74) is 1.21. The van der Waals surface area contributed by atoms with E-state index in [1.54, 1.807) is 42.3 Å². The second kappa shape index (κ2) is 10.3. The average Bonchev–Trinajstić information content (AvgIpc) is 3.51. The maximum absolute atomic E-state index is 13.3. The molecule has 2 N–H and O–H groups in total. The molecule has 2 fully saturated rings. The van der Waals surface area contributed by atoms with E-state index in [-0.39, 0.29) is 19.1 Å². The van der Waals surface area contributed by atoms with Gasteiger partial charge >= 0.3 is 0 Å². The summed E-state index contributed by atoms with van der Waals surface area (Å²) < 4.78 is 32.3. The van der Waals surface area contributed by atoms with E-state index in [1.807, 2.05) is 12.1 Å². The monoisotopic (exact) mass is 516 g/mol. The highest BCUT2D eigenvalue weighted by Crippen LogP contribution is 2.34. The van der Waals surface area contributed by atoms with Crippen LogP contribution in [0.5, 0.6) is 0 Å². The highest BCUT2D eigenvalue weighted by atomic mass is 32.1. The molecule has 10 nitrogen and oxygen atoms in total. The van der Waals surface area contributed by atoms with Crippen molar-refractivity contribution in [3.05, 3.63) is 48.2 Å². The van der Waals surface area contributed by atoms with Crippen molar-refractivity contribution in [1.82, 2.24) is 20.4 Å². The lowest BCUT2D eigenvalue weighted by molar-refractivity contribution is -0.127. The minimum atomic E-state index is -2.68. The van der Waals surface area contributed by atoms with Gasteiger partial charge in [0.15, 0.2) is 11.9 Å². The number of carbonyl (C=O) groups excluding carboxylic acids is 1. The molecule has 2 aliphatic rings. The van der Waals surface area contributed by atoms with Crippen LogP contribution in [0.3, 0.4) is 0 Å². The standard InChI is InChI=1S/C23H26F2N8O2S/c1-2-35-19(15-5-3-6-17(11-15)33-13-23(24,25)14-33)20(34)28-22-31-30-21(36-22)27-16-8-10-32(12-16)18-7-4-9-26-29-18/h3-7,9,11,16,19H,2,8,10,12-14H2,1H3,(H,27,30)(H,28,31,34)/t16-,19+/m1/s1. The van der Waals surface area contributed by atoms with Crippen LogP contribution in [0.15, 0.2) is 42.6 Å². The predicted molar refractivity (Wildman–Crippen MR) is 133 cm³/mol. The maximum Gasteiger partial charge on any atom is 0.282 e. The molecule has 190 valence electrons. The minimum Gasteiger partial charge on any atom is -0.364 e. The van der Waals surface area contributed by atoms with Gasteiger partial charge in [-0.25, -0.2) is 8.78 Å². The van der Waals surface area contributed by atoms with Gasteiger partial charge in [0.05, 0.1) is 13.1 Å². The summed E-state index contributed by atoms with van der Waals surface area (Å²) in [5.74, 6) is -2.25. The Labute approximate surface area is 210 Å². The SMILES string of the molecule is CCO[C@H](C(=O)Nc1nnc(N[C@@H]2CCN(c3cccnn3)C2)s1)c1cccc(N2CC(F)(F)C2)c1. The lowest BCUT2D eigenvalue weighted by Gasteiger charge is -2.40. The number of alkyl halides is 2. The van der Waals surface area contributed by atoms with Gasteiger partial charge in [-0.05, 0) is 43.2 Å². The zero-order valence-corrected chi connectivity index (χ0v) is 20.4. The molecule has 2 saturated heterocycles. The second-order valence-corrected chi connectivity index (χ2v) is 9.68. The highest BCUT2D eigenvalue weighted by Gasteiger charge is 2.44. The van der Waals surface area contributed by atoms with Gasteiger partial charge in [-0.3, -0.25) is 10.1 Å². The van der Waals surface area contributed by atoms with Crippen LogP contribution >= 0.6 is 11.3 Å². The first-order valence-electron chi connectivity index (χ1n) is 11.7. The zero-order valence-electron chi connectivity index (χ0n) is 19.6. The molecule has 0 aliphatic carbocycles. The van der Waals surface area contributed by atoms with Gasteiger partial charge < -0.3 is 19.9 Å². The fourth-order valence-corrected chi connectivity index (χ4v) is 5.02. The molecule has 13 heteroatoms. The summed E-state index contributed by atoms with van der Waals surface area (Å²) in [6.45, 7) is 3.03. The molecule has 3 aromatic rings. The van der Waals surface area contributed by atoms with Gasteiger partial charge in [0.25, 0.3) is 11.8 Å². The lowest BCUT2D eigenvalue weighted by Crippen LogP contribution is -2.56. The van der Waals surface area contributed by atoms with Crippen LogP contribution in [-0.4, -0.2) is 71.1 Å². The fraction of sp³-hybridized carbons (Fsp3) is 0.435. The fourth-order valence-electron chi connectivity index (χ4n) is 4.30. The van der Waals surface area contributed by atoms with Crippen LogP contribution in [0.25, 0.3) is 0 Å². The number of ether oxygens (including phenoxy) is 1. The van der Waals surface area contributed by atoms with Gasteiger partial charge in [0, 0.05) is 37.6 Å². The van der Waals surface area contributed by atoms with Gasteiger partial charge in [-0.1, -0.05) is 23.5 Å². The molecular weight excluding hydrogens is 490 g/mol. The van der Waals surface area contributed by atoms with Crippen molar-refractivity contribution in [1.29, 1.82) is 0 Å². The first-order chi connectivity index (χ1) is 17.4. The Morgan fingerprint density at radius 1 is 1.19 bits per heavy atom. The Bertz CT molecular complexity index is 1190. The number of anilines is 4. The Morgan fingerprint density at radius 3 is 2.78 bits per heavy atom. The Morgan fingerprint density at radius 2 is 2.03 bits per heavy atom. The topological polar surface area (TPSA) is 108 Å². The van der Waals surface area contributed by atoms with Crippen LogP contribution in [0.1, 0.15) is 25.0 Å². The molecule has 0 saturated carbocycles. The van der Waals surface area contributed by atoms with Crippen molar-refractivity contribution in [2.45, 2.75) is 31.4 Å². The number of hydrogen-bond acceptors (Lipinski definition) is 10. The second-order valence-electron chi connectivity index (χ2n) is 8.70. The summed E-state index contributed by atoms with van der Waals surface area (Å²) in [6, 6.07) is 10.9. The molecule has 0 unspecified atom stereocenters. The molecule has 2 atom stereocenters. The molecule has 1 amide bonds. The number of nitrogens with one attached hydrogen (secondary N) is 2. The predicted octanol–water partition coefficient (Wildman–Crippen LogP) is 3.19. The minimum absolute atomic E-state index is 0.163. The smallest absolute Gasteiger partial charge is 0.282 e. The van der Waals surface area contributed by atoms with Gasteiger partial charge in [-0.2, -0.15) is 5.10 Å². The van der Waals surface area contributed by atoms with Crippen molar-refractivity contribution < 1.29 is 18.3 Å². The van der Waals surface area contributed by atoms with E-state index < -0.39 is 17.9 Å². The Kier molecular flexibility index (Phi) is 6.92. The number of nitrogens with zero attached hydrogens (tertiary/aromatic N) is 6. The first kappa shape index (κ1) is 24.3. The van der Waals surface area contributed by atoms with E-state index in [2.05, 4.69) is 35.9 Å². The van der Waals surface area contributed by atoms with Crippen molar-refractivity contribution in [2.75, 3.05) is 53.2 Å². The number of halogens is 2. The number of benzene rings is 1. The molecule has 0 radical (unpaired) electrons.